The number of aryl methyl sites for hydroxylation is 1. The van der Waals surface area contributed by atoms with Crippen molar-refractivity contribution >= 4 is 5.97 Å². The third kappa shape index (κ3) is 2.69. The number of hydrogen-bond acceptors (Lipinski definition) is 2. The Kier molecular flexibility index (Phi) is 3.67. The Morgan fingerprint density at radius 3 is 2.73 bits per heavy atom. The zero-order valence-corrected chi connectivity index (χ0v) is 9.41. The van der Waals surface area contributed by atoms with Gasteiger partial charge in [0.2, 0.25) is 0 Å². The number of esters is 1. The van der Waals surface area contributed by atoms with Gasteiger partial charge in [-0.2, -0.15) is 0 Å². The zero-order chi connectivity index (χ0) is 11.4. The smallest absolute Gasteiger partial charge is 0.330 e. The Labute approximate surface area is 90.6 Å². The van der Waals surface area contributed by atoms with Crippen LogP contribution in [0.25, 0.3) is 0 Å². The predicted molar refractivity (Wildman–Crippen MR) is 60.6 cm³/mol. The van der Waals surface area contributed by atoms with Crippen molar-refractivity contribution < 1.29 is 9.53 Å². The summed E-state index contributed by atoms with van der Waals surface area (Å²) in [4.78, 5) is 11.1. The SMILES string of the molecule is C=CC(=O)OC(C)c1cccc(C)c1C. The van der Waals surface area contributed by atoms with Crippen LogP contribution in [0.4, 0.5) is 0 Å². The van der Waals surface area contributed by atoms with Crippen LogP contribution in [0.2, 0.25) is 0 Å². The molecule has 15 heavy (non-hydrogen) atoms. The Morgan fingerprint density at radius 2 is 2.13 bits per heavy atom. The molecule has 0 amide bonds. The molecular weight excluding hydrogens is 188 g/mol. The minimum Gasteiger partial charge on any atom is -0.455 e. The average molecular weight is 204 g/mol. The lowest BCUT2D eigenvalue weighted by molar-refractivity contribution is -0.142. The predicted octanol–water partition coefficient (Wildman–Crippen LogP) is 3.09. The topological polar surface area (TPSA) is 26.3 Å². The number of carbonyl (C=O) groups is 1. The molecule has 0 aliphatic heterocycles. The molecular formula is C13H16O2. The number of ether oxygens (including phenoxy) is 1. The van der Waals surface area contributed by atoms with E-state index < -0.39 is 0 Å². The minimum atomic E-state index is -0.386. The maximum Gasteiger partial charge on any atom is 0.330 e. The highest BCUT2D eigenvalue weighted by Gasteiger charge is 2.12. The summed E-state index contributed by atoms with van der Waals surface area (Å²) in [6.07, 6.45) is 0.956. The summed E-state index contributed by atoms with van der Waals surface area (Å²) in [7, 11) is 0. The van der Waals surface area contributed by atoms with E-state index in [1.54, 1.807) is 0 Å². The number of benzene rings is 1. The summed E-state index contributed by atoms with van der Waals surface area (Å²) >= 11 is 0. The Bertz CT molecular complexity index is 380. The fourth-order valence-electron chi connectivity index (χ4n) is 1.50. The van der Waals surface area contributed by atoms with Crippen LogP contribution in [0.5, 0.6) is 0 Å². The second kappa shape index (κ2) is 4.78. The highest BCUT2D eigenvalue weighted by Crippen LogP contribution is 2.22. The van der Waals surface area contributed by atoms with Crippen molar-refractivity contribution in [2.45, 2.75) is 26.9 Å². The summed E-state index contributed by atoms with van der Waals surface area (Å²) in [5.74, 6) is -0.386. The van der Waals surface area contributed by atoms with E-state index in [0.717, 1.165) is 5.56 Å². The molecule has 1 rings (SSSR count). The van der Waals surface area contributed by atoms with Crippen molar-refractivity contribution in [1.29, 1.82) is 0 Å². The first-order valence-corrected chi connectivity index (χ1v) is 4.95. The van der Waals surface area contributed by atoms with Gasteiger partial charge in [0, 0.05) is 6.08 Å². The quantitative estimate of drug-likeness (QED) is 0.558. The van der Waals surface area contributed by atoms with Crippen molar-refractivity contribution in [3.63, 3.8) is 0 Å². The number of rotatable bonds is 3. The van der Waals surface area contributed by atoms with Gasteiger partial charge >= 0.3 is 5.97 Å². The van der Waals surface area contributed by atoms with E-state index in [0.29, 0.717) is 0 Å². The third-order valence-corrected chi connectivity index (χ3v) is 2.54. The monoisotopic (exact) mass is 204 g/mol. The van der Waals surface area contributed by atoms with E-state index in [4.69, 9.17) is 4.74 Å². The molecule has 0 heterocycles. The van der Waals surface area contributed by atoms with Crippen molar-refractivity contribution in [1.82, 2.24) is 0 Å². The Hall–Kier alpha value is -1.57. The van der Waals surface area contributed by atoms with E-state index in [1.165, 1.54) is 17.2 Å². The summed E-state index contributed by atoms with van der Waals surface area (Å²) in [5.41, 5.74) is 3.42. The lowest BCUT2D eigenvalue weighted by Crippen LogP contribution is -2.07. The molecule has 2 heteroatoms. The Balaban J connectivity index is 2.91. The van der Waals surface area contributed by atoms with E-state index in [9.17, 15) is 4.79 Å². The molecule has 0 aromatic heterocycles. The van der Waals surface area contributed by atoms with Crippen molar-refractivity contribution in [3.05, 3.63) is 47.5 Å². The standard InChI is InChI=1S/C13H16O2/c1-5-13(14)15-11(4)12-8-6-7-9(2)10(12)3/h5-8,11H,1H2,2-4H3. The molecule has 0 aliphatic rings. The lowest BCUT2D eigenvalue weighted by atomic mass is 10.00. The molecule has 1 aromatic rings. The second-order valence-corrected chi connectivity index (χ2v) is 3.57. The lowest BCUT2D eigenvalue weighted by Gasteiger charge is -2.15. The van der Waals surface area contributed by atoms with Gasteiger partial charge in [-0.05, 0) is 37.5 Å². The molecule has 80 valence electrons. The van der Waals surface area contributed by atoms with Crippen LogP contribution in [0.15, 0.2) is 30.9 Å². The second-order valence-electron chi connectivity index (χ2n) is 3.57. The molecule has 0 bridgehead atoms. The number of hydrogen-bond donors (Lipinski definition) is 0. The summed E-state index contributed by atoms with van der Waals surface area (Å²) in [6, 6.07) is 5.99. The van der Waals surface area contributed by atoms with E-state index in [-0.39, 0.29) is 12.1 Å². The van der Waals surface area contributed by atoms with Gasteiger partial charge in [0.25, 0.3) is 0 Å². The molecule has 0 aliphatic carbocycles. The number of carbonyl (C=O) groups excluding carboxylic acids is 1. The molecule has 0 spiro atoms. The molecule has 1 aromatic carbocycles. The zero-order valence-electron chi connectivity index (χ0n) is 9.41. The van der Waals surface area contributed by atoms with E-state index in [1.807, 2.05) is 39.0 Å². The molecule has 0 saturated carbocycles. The van der Waals surface area contributed by atoms with Crippen LogP contribution in [0.1, 0.15) is 29.7 Å². The first-order valence-electron chi connectivity index (χ1n) is 4.95. The Morgan fingerprint density at radius 1 is 1.47 bits per heavy atom. The normalized spacial score (nSPS) is 11.9. The van der Waals surface area contributed by atoms with Crippen LogP contribution in [0.3, 0.4) is 0 Å². The maximum atomic E-state index is 11.1. The molecule has 0 fully saturated rings. The first-order chi connectivity index (χ1) is 7.06. The maximum absolute atomic E-state index is 11.1. The van der Waals surface area contributed by atoms with Crippen LogP contribution in [-0.2, 0) is 9.53 Å². The molecule has 2 nitrogen and oxygen atoms in total. The molecule has 1 atom stereocenters. The minimum absolute atomic E-state index is 0.226. The summed E-state index contributed by atoms with van der Waals surface area (Å²) in [6.45, 7) is 9.31. The van der Waals surface area contributed by atoms with Gasteiger partial charge in [-0.15, -0.1) is 0 Å². The summed E-state index contributed by atoms with van der Waals surface area (Å²) in [5, 5.41) is 0. The van der Waals surface area contributed by atoms with Gasteiger partial charge < -0.3 is 4.74 Å². The van der Waals surface area contributed by atoms with Crippen molar-refractivity contribution in [2.24, 2.45) is 0 Å². The van der Waals surface area contributed by atoms with Crippen molar-refractivity contribution in [2.75, 3.05) is 0 Å². The third-order valence-electron chi connectivity index (χ3n) is 2.54. The largest absolute Gasteiger partial charge is 0.455 e. The van der Waals surface area contributed by atoms with Gasteiger partial charge in [-0.3, -0.25) is 0 Å². The average Bonchev–Trinajstić information content (AvgIpc) is 2.21. The molecule has 1 unspecified atom stereocenters. The van der Waals surface area contributed by atoms with Gasteiger partial charge in [-0.25, -0.2) is 4.79 Å². The van der Waals surface area contributed by atoms with Crippen LogP contribution < -0.4 is 0 Å². The summed E-state index contributed by atoms with van der Waals surface area (Å²) < 4.78 is 5.16. The van der Waals surface area contributed by atoms with E-state index >= 15 is 0 Å². The fourth-order valence-corrected chi connectivity index (χ4v) is 1.50. The van der Waals surface area contributed by atoms with Gasteiger partial charge in [0.1, 0.15) is 6.10 Å². The molecule has 0 saturated heterocycles. The van der Waals surface area contributed by atoms with Crippen molar-refractivity contribution in [3.8, 4) is 0 Å². The van der Waals surface area contributed by atoms with Gasteiger partial charge in [-0.1, -0.05) is 24.8 Å². The van der Waals surface area contributed by atoms with Gasteiger partial charge in [0.15, 0.2) is 0 Å². The molecule has 0 radical (unpaired) electrons. The van der Waals surface area contributed by atoms with Gasteiger partial charge in [0.05, 0.1) is 0 Å². The highest BCUT2D eigenvalue weighted by atomic mass is 16.5. The van der Waals surface area contributed by atoms with E-state index in [2.05, 4.69) is 6.58 Å². The fraction of sp³-hybridized carbons (Fsp3) is 0.308. The highest BCUT2D eigenvalue weighted by molar-refractivity contribution is 5.81. The van der Waals surface area contributed by atoms with Crippen LogP contribution in [-0.4, -0.2) is 5.97 Å². The van der Waals surface area contributed by atoms with Crippen LogP contribution >= 0.6 is 0 Å². The molecule has 0 N–H and O–H groups in total. The first kappa shape index (κ1) is 11.5. The van der Waals surface area contributed by atoms with Crippen LogP contribution in [0, 0.1) is 13.8 Å².